The maximum atomic E-state index is 13.0. The van der Waals surface area contributed by atoms with Crippen LogP contribution in [0.5, 0.6) is 0 Å². The summed E-state index contributed by atoms with van der Waals surface area (Å²) in [6.45, 7) is 0.309. The summed E-state index contributed by atoms with van der Waals surface area (Å²) in [5.74, 6) is 5.35. The Hall–Kier alpha value is -3.82. The molecule has 1 N–H and O–H groups in total. The molecule has 0 bridgehead atoms. The highest BCUT2D eigenvalue weighted by Gasteiger charge is 2.07. The van der Waals surface area contributed by atoms with Crippen molar-refractivity contribution in [1.82, 2.24) is 9.55 Å². The van der Waals surface area contributed by atoms with Crippen molar-refractivity contribution in [3.8, 4) is 11.8 Å². The van der Waals surface area contributed by atoms with Gasteiger partial charge in [0.1, 0.15) is 0 Å². The first kappa shape index (κ1) is 21.4. The van der Waals surface area contributed by atoms with Gasteiger partial charge in [0.15, 0.2) is 0 Å². The Morgan fingerprint density at radius 3 is 2.62 bits per heavy atom. The smallest absolute Gasteiger partial charge is 0.335 e. The molecule has 0 fully saturated rings. The van der Waals surface area contributed by atoms with Crippen molar-refractivity contribution >= 4 is 28.6 Å². The van der Waals surface area contributed by atoms with Crippen LogP contribution in [0.4, 0.5) is 0 Å². The number of benzene rings is 3. The van der Waals surface area contributed by atoms with Crippen molar-refractivity contribution in [3.63, 3.8) is 0 Å². The van der Waals surface area contributed by atoms with Crippen LogP contribution in [0.2, 0.25) is 0 Å². The number of hydrogen-bond acceptors (Lipinski definition) is 4. The minimum atomic E-state index is -0.980. The van der Waals surface area contributed by atoms with E-state index in [1.165, 1.54) is 27.9 Å². The van der Waals surface area contributed by atoms with E-state index in [4.69, 9.17) is 5.11 Å². The summed E-state index contributed by atoms with van der Waals surface area (Å²) in [4.78, 5) is 29.6. The Morgan fingerprint density at radius 2 is 1.88 bits per heavy atom. The summed E-state index contributed by atoms with van der Waals surface area (Å²) in [6.07, 6.45) is 4.20. The van der Waals surface area contributed by atoms with Crippen molar-refractivity contribution in [1.29, 1.82) is 0 Å². The van der Waals surface area contributed by atoms with Gasteiger partial charge in [-0.3, -0.25) is 9.36 Å². The lowest BCUT2D eigenvalue weighted by atomic mass is 10.1. The second kappa shape index (κ2) is 9.54. The van der Waals surface area contributed by atoms with Gasteiger partial charge in [0.05, 0.1) is 29.3 Å². The average Bonchev–Trinajstić information content (AvgIpc) is 2.81. The van der Waals surface area contributed by atoms with E-state index in [0.717, 1.165) is 16.7 Å². The highest BCUT2D eigenvalue weighted by atomic mass is 32.2. The molecule has 6 heteroatoms. The Labute approximate surface area is 189 Å². The third-order valence-corrected chi connectivity index (χ3v) is 5.76. The minimum Gasteiger partial charge on any atom is -0.478 e. The number of carboxylic acids is 1. The maximum Gasteiger partial charge on any atom is 0.335 e. The summed E-state index contributed by atoms with van der Waals surface area (Å²) in [7, 11) is 0. The number of fused-ring (bicyclic) bond motifs is 1. The molecular weight excluding hydrogens is 420 g/mol. The molecule has 3 aromatic carbocycles. The van der Waals surface area contributed by atoms with Crippen LogP contribution in [-0.4, -0.2) is 26.9 Å². The third kappa shape index (κ3) is 4.90. The number of hydrogen-bond donors (Lipinski definition) is 1. The number of rotatable bonds is 5. The van der Waals surface area contributed by atoms with Gasteiger partial charge in [-0.1, -0.05) is 36.1 Å². The van der Waals surface area contributed by atoms with Crippen LogP contribution in [-0.2, 0) is 13.0 Å². The molecule has 0 aliphatic carbocycles. The second-order valence-corrected chi connectivity index (χ2v) is 8.12. The maximum absolute atomic E-state index is 13.0. The zero-order valence-electron chi connectivity index (χ0n) is 17.4. The molecule has 1 aromatic heterocycles. The van der Waals surface area contributed by atoms with Crippen molar-refractivity contribution in [2.75, 3.05) is 6.26 Å². The first-order chi connectivity index (χ1) is 15.5. The lowest BCUT2D eigenvalue weighted by Gasteiger charge is -2.07. The molecule has 4 rings (SSSR count). The van der Waals surface area contributed by atoms with E-state index in [-0.39, 0.29) is 11.1 Å². The quantitative estimate of drug-likeness (QED) is 0.366. The van der Waals surface area contributed by atoms with E-state index in [2.05, 4.69) is 35.0 Å². The molecule has 0 saturated carbocycles. The fraction of sp³-hybridized carbons (Fsp3) is 0.115. The van der Waals surface area contributed by atoms with E-state index in [9.17, 15) is 9.59 Å². The van der Waals surface area contributed by atoms with E-state index in [0.29, 0.717) is 23.9 Å². The fourth-order valence-electron chi connectivity index (χ4n) is 3.33. The molecule has 0 amide bonds. The molecule has 0 unspecified atom stereocenters. The predicted molar refractivity (Wildman–Crippen MR) is 127 cm³/mol. The van der Waals surface area contributed by atoms with E-state index < -0.39 is 5.97 Å². The molecule has 32 heavy (non-hydrogen) atoms. The lowest BCUT2D eigenvalue weighted by molar-refractivity contribution is 0.0697. The monoisotopic (exact) mass is 440 g/mol. The van der Waals surface area contributed by atoms with Crippen LogP contribution < -0.4 is 5.56 Å². The summed E-state index contributed by atoms with van der Waals surface area (Å²) in [5.41, 5.74) is 3.41. The van der Waals surface area contributed by atoms with Gasteiger partial charge in [0.2, 0.25) is 0 Å². The lowest BCUT2D eigenvalue weighted by Crippen LogP contribution is -2.21. The number of thioether (sulfide) groups is 1. The van der Waals surface area contributed by atoms with Gasteiger partial charge in [0.25, 0.3) is 5.56 Å². The van der Waals surface area contributed by atoms with Crippen LogP contribution in [0.3, 0.4) is 0 Å². The fourth-order valence-corrected chi connectivity index (χ4v) is 3.81. The zero-order chi connectivity index (χ0) is 22.5. The zero-order valence-corrected chi connectivity index (χ0v) is 18.2. The van der Waals surface area contributed by atoms with Gasteiger partial charge < -0.3 is 5.11 Å². The first-order valence-corrected chi connectivity index (χ1v) is 11.2. The number of aromatic nitrogens is 2. The molecule has 4 aromatic rings. The van der Waals surface area contributed by atoms with Gasteiger partial charge in [0, 0.05) is 16.9 Å². The van der Waals surface area contributed by atoms with E-state index in [1.54, 1.807) is 36.0 Å². The largest absolute Gasteiger partial charge is 0.478 e. The average molecular weight is 441 g/mol. The van der Waals surface area contributed by atoms with E-state index >= 15 is 0 Å². The van der Waals surface area contributed by atoms with Gasteiger partial charge in [-0.05, 0) is 59.8 Å². The second-order valence-electron chi connectivity index (χ2n) is 7.24. The molecule has 0 spiro atoms. The van der Waals surface area contributed by atoms with Crippen molar-refractivity contribution in [2.24, 2.45) is 0 Å². The van der Waals surface area contributed by atoms with Crippen LogP contribution in [0, 0.1) is 11.8 Å². The van der Waals surface area contributed by atoms with Crippen LogP contribution in [0.1, 0.15) is 27.0 Å². The molecule has 0 radical (unpaired) electrons. The molecule has 0 aliphatic heterocycles. The van der Waals surface area contributed by atoms with Crippen LogP contribution >= 0.6 is 11.8 Å². The van der Waals surface area contributed by atoms with Gasteiger partial charge in [-0.15, -0.1) is 11.8 Å². The molecule has 158 valence electrons. The number of carboxylic acid groups (broad SMARTS) is 1. The van der Waals surface area contributed by atoms with Crippen molar-refractivity contribution in [3.05, 3.63) is 106 Å². The van der Waals surface area contributed by atoms with Crippen molar-refractivity contribution in [2.45, 2.75) is 17.9 Å². The Kier molecular flexibility index (Phi) is 6.39. The molecule has 0 atom stereocenters. The molecule has 5 nitrogen and oxygen atoms in total. The topological polar surface area (TPSA) is 72.2 Å². The van der Waals surface area contributed by atoms with Crippen LogP contribution in [0.25, 0.3) is 10.9 Å². The highest BCUT2D eigenvalue weighted by Crippen LogP contribution is 2.16. The molecule has 0 aliphatic rings. The summed E-state index contributed by atoms with van der Waals surface area (Å²) >= 11 is 1.70. The third-order valence-electron chi connectivity index (χ3n) is 5.04. The predicted octanol–water partition coefficient (Wildman–Crippen LogP) is 4.46. The van der Waals surface area contributed by atoms with E-state index in [1.807, 2.05) is 18.4 Å². The number of nitrogens with zero attached hydrogens (tertiary/aromatic N) is 2. The summed E-state index contributed by atoms with van der Waals surface area (Å²) in [6, 6.07) is 20.2. The van der Waals surface area contributed by atoms with Gasteiger partial charge in [-0.2, -0.15) is 0 Å². The minimum absolute atomic E-state index is 0.159. The number of aromatic carboxylic acids is 1. The summed E-state index contributed by atoms with van der Waals surface area (Å²) in [5, 5.41) is 9.53. The van der Waals surface area contributed by atoms with Crippen LogP contribution in [0.15, 0.2) is 82.7 Å². The highest BCUT2D eigenvalue weighted by molar-refractivity contribution is 7.98. The Balaban J connectivity index is 1.57. The van der Waals surface area contributed by atoms with Gasteiger partial charge in [-0.25, -0.2) is 9.78 Å². The first-order valence-electron chi connectivity index (χ1n) is 9.97. The van der Waals surface area contributed by atoms with Gasteiger partial charge >= 0.3 is 5.97 Å². The number of carbonyl (C=O) groups is 1. The molecule has 1 heterocycles. The summed E-state index contributed by atoms with van der Waals surface area (Å²) < 4.78 is 1.52. The van der Waals surface area contributed by atoms with Crippen molar-refractivity contribution < 1.29 is 9.90 Å². The SMILES string of the molecule is CSc1cccc(CC#Cc2ccc3ncn(Cc4ccc(C(=O)O)cc4)c(=O)c3c2)c1. The standard InChI is InChI=1S/C26H20N2O3S/c1-32-22-7-3-6-18(14-22)4-2-5-19-10-13-24-23(15-19)25(29)28(17-27-24)16-20-8-11-21(12-9-20)26(30)31/h3,6-15,17H,4,16H2,1H3,(H,30,31). The normalized spacial score (nSPS) is 10.5. The molecular formula is C26H20N2O3S. The Morgan fingerprint density at radius 1 is 1.06 bits per heavy atom. The molecule has 0 saturated heterocycles. The Bertz CT molecular complexity index is 1410.